The smallest absolute Gasteiger partial charge is 0.338 e. The number of hydrogen-bond acceptors (Lipinski definition) is 7. The van der Waals surface area contributed by atoms with Crippen LogP contribution in [0.1, 0.15) is 36.7 Å². The number of amides is 1. The number of aromatic nitrogens is 2. The monoisotopic (exact) mass is 538 g/mol. The molecule has 0 fully saturated rings. The number of benzene rings is 2. The van der Waals surface area contributed by atoms with E-state index in [0.717, 1.165) is 21.5 Å². The maximum Gasteiger partial charge on any atom is 0.338 e. The number of ether oxygens (including phenoxy) is 1. The lowest BCUT2D eigenvalue weighted by molar-refractivity contribution is 0.0481. The number of rotatable bonds is 9. The Hall–Kier alpha value is -4.09. The van der Waals surface area contributed by atoms with E-state index in [1.165, 1.54) is 22.7 Å². The molecule has 2 heterocycles. The molecule has 2 aromatic carbocycles. The number of aryl methyl sites for hydroxylation is 1. The first-order valence-electron chi connectivity index (χ1n) is 11.8. The summed E-state index contributed by atoms with van der Waals surface area (Å²) in [6, 6.07) is 12.3. The predicted molar refractivity (Wildman–Crippen MR) is 142 cm³/mol. The van der Waals surface area contributed by atoms with Gasteiger partial charge in [-0.05, 0) is 56.4 Å². The van der Waals surface area contributed by atoms with Gasteiger partial charge < -0.3 is 15.0 Å². The molecule has 38 heavy (non-hydrogen) atoms. The van der Waals surface area contributed by atoms with Crippen molar-refractivity contribution in [2.24, 2.45) is 0 Å². The molecule has 4 rings (SSSR count). The summed E-state index contributed by atoms with van der Waals surface area (Å²) in [5, 5.41) is 2.74. The number of hydrogen-bond donors (Lipinski definition) is 1. The van der Waals surface area contributed by atoms with Crippen molar-refractivity contribution in [2.75, 3.05) is 27.2 Å². The van der Waals surface area contributed by atoms with E-state index in [9.17, 15) is 23.6 Å². The molecule has 0 radical (unpaired) electrons. The second-order valence-electron chi connectivity index (χ2n) is 9.01. The molecule has 1 N–H and O–H groups in total. The molecule has 4 aromatic rings. The summed E-state index contributed by atoms with van der Waals surface area (Å²) in [6.45, 7) is 2.67. The van der Waals surface area contributed by atoms with Crippen molar-refractivity contribution in [3.63, 3.8) is 0 Å². The molecular weight excluding hydrogens is 511 g/mol. The highest BCUT2D eigenvalue weighted by Gasteiger charge is 2.18. The highest BCUT2D eigenvalue weighted by Crippen LogP contribution is 2.18. The van der Waals surface area contributed by atoms with Crippen LogP contribution in [0.4, 0.5) is 4.39 Å². The van der Waals surface area contributed by atoms with Crippen LogP contribution in [0.5, 0.6) is 0 Å². The number of halogens is 1. The predicted octanol–water partition coefficient (Wildman–Crippen LogP) is 2.67. The van der Waals surface area contributed by atoms with E-state index in [1.807, 2.05) is 19.0 Å². The third-order valence-corrected chi connectivity index (χ3v) is 7.09. The summed E-state index contributed by atoms with van der Waals surface area (Å²) >= 11 is 1.05. The molecule has 9 nitrogen and oxygen atoms in total. The fraction of sp³-hybridized carbons (Fsp3) is 0.259. The maximum absolute atomic E-state index is 13.2. The molecule has 0 unspecified atom stereocenters. The van der Waals surface area contributed by atoms with Gasteiger partial charge in [0, 0.05) is 24.8 Å². The Balaban J connectivity index is 1.52. The van der Waals surface area contributed by atoms with Gasteiger partial charge in [-0.15, -0.1) is 11.3 Å². The van der Waals surface area contributed by atoms with Gasteiger partial charge in [-0.2, -0.15) is 0 Å². The third-order valence-electron chi connectivity index (χ3n) is 5.89. The van der Waals surface area contributed by atoms with Gasteiger partial charge in [0.2, 0.25) is 0 Å². The largest absolute Gasteiger partial charge is 0.461 e. The van der Waals surface area contributed by atoms with Crippen LogP contribution in [0, 0.1) is 12.7 Å². The molecule has 198 valence electrons. The molecular formula is C27H27FN4O5S. The molecule has 0 bridgehead atoms. The van der Waals surface area contributed by atoms with Gasteiger partial charge in [-0.1, -0.05) is 24.3 Å². The lowest BCUT2D eigenvalue weighted by Gasteiger charge is -2.10. The van der Waals surface area contributed by atoms with Crippen molar-refractivity contribution in [1.82, 2.24) is 19.2 Å². The van der Waals surface area contributed by atoms with Gasteiger partial charge >= 0.3 is 11.7 Å². The summed E-state index contributed by atoms with van der Waals surface area (Å²) in [5.74, 6) is -1.22. The quantitative estimate of drug-likeness (QED) is 0.329. The molecule has 0 saturated carbocycles. The molecule has 11 heteroatoms. The number of esters is 1. The minimum absolute atomic E-state index is 0.000648. The molecule has 0 atom stereocenters. The Morgan fingerprint density at radius 1 is 1.03 bits per heavy atom. The topological polar surface area (TPSA) is 102 Å². The molecule has 0 saturated heterocycles. The van der Waals surface area contributed by atoms with E-state index in [4.69, 9.17) is 4.74 Å². The second-order valence-corrected chi connectivity index (χ2v) is 10.0. The van der Waals surface area contributed by atoms with Gasteiger partial charge in [0.25, 0.3) is 11.5 Å². The first-order chi connectivity index (χ1) is 18.1. The van der Waals surface area contributed by atoms with Crippen molar-refractivity contribution >= 4 is 28.0 Å². The van der Waals surface area contributed by atoms with Crippen LogP contribution >= 0.6 is 11.3 Å². The molecule has 0 aliphatic carbocycles. The maximum atomic E-state index is 13.2. The fourth-order valence-electron chi connectivity index (χ4n) is 3.71. The first kappa shape index (κ1) is 27.0. The molecule has 0 spiro atoms. The Kier molecular flexibility index (Phi) is 8.18. The van der Waals surface area contributed by atoms with Crippen LogP contribution in [-0.4, -0.2) is 53.0 Å². The number of likely N-dealkylation sites (N-methyl/N-ethyl adjacent to an activating group) is 1. The van der Waals surface area contributed by atoms with Crippen molar-refractivity contribution < 1.29 is 18.7 Å². The van der Waals surface area contributed by atoms with Gasteiger partial charge in [-0.25, -0.2) is 14.0 Å². The Labute approximate surface area is 221 Å². The van der Waals surface area contributed by atoms with Crippen LogP contribution in [0.2, 0.25) is 0 Å². The lowest BCUT2D eigenvalue weighted by atomic mass is 10.1. The normalized spacial score (nSPS) is 11.2. The first-order valence-corrected chi connectivity index (χ1v) is 12.6. The minimum atomic E-state index is -0.573. The summed E-state index contributed by atoms with van der Waals surface area (Å²) < 4.78 is 20.7. The average molecular weight is 539 g/mol. The zero-order chi connectivity index (χ0) is 27.4. The van der Waals surface area contributed by atoms with Crippen LogP contribution < -0.4 is 16.6 Å². The van der Waals surface area contributed by atoms with Gasteiger partial charge in [0.05, 0.1) is 12.1 Å². The Morgan fingerprint density at radius 3 is 2.34 bits per heavy atom. The van der Waals surface area contributed by atoms with Crippen molar-refractivity contribution in [2.45, 2.75) is 20.0 Å². The number of thiazole rings is 1. The van der Waals surface area contributed by atoms with E-state index < -0.39 is 23.1 Å². The van der Waals surface area contributed by atoms with Gasteiger partial charge in [0.15, 0.2) is 0 Å². The SMILES string of the molecule is Cc1c(=O)n(Cc2ccc(C(=O)OCCN(C)C)cc2)c(=O)n2cc(C(=O)NCc3ccc(F)cc3)sc12. The van der Waals surface area contributed by atoms with E-state index >= 15 is 0 Å². The molecule has 2 aromatic heterocycles. The number of nitrogens with zero attached hydrogens (tertiary/aromatic N) is 3. The Morgan fingerprint density at radius 2 is 1.68 bits per heavy atom. The zero-order valence-electron chi connectivity index (χ0n) is 21.2. The number of nitrogens with one attached hydrogen (secondary N) is 1. The lowest BCUT2D eigenvalue weighted by Crippen LogP contribution is -2.38. The fourth-order valence-corrected chi connectivity index (χ4v) is 4.72. The van der Waals surface area contributed by atoms with E-state index in [2.05, 4.69) is 5.32 Å². The summed E-state index contributed by atoms with van der Waals surface area (Å²) in [4.78, 5) is 53.7. The summed E-state index contributed by atoms with van der Waals surface area (Å²) in [7, 11) is 3.77. The number of carbonyl (C=O) groups excluding carboxylic acids is 2. The minimum Gasteiger partial charge on any atom is -0.461 e. The van der Waals surface area contributed by atoms with E-state index in [1.54, 1.807) is 43.3 Å². The van der Waals surface area contributed by atoms with Crippen LogP contribution in [-0.2, 0) is 17.8 Å². The summed E-state index contributed by atoms with van der Waals surface area (Å²) in [6.07, 6.45) is 1.41. The van der Waals surface area contributed by atoms with E-state index in [-0.39, 0.29) is 30.4 Å². The van der Waals surface area contributed by atoms with Crippen LogP contribution in [0.25, 0.3) is 4.83 Å². The summed E-state index contributed by atoms with van der Waals surface area (Å²) in [5.41, 5.74) is 1.06. The van der Waals surface area contributed by atoms with Crippen molar-refractivity contribution in [1.29, 1.82) is 0 Å². The van der Waals surface area contributed by atoms with Gasteiger partial charge in [0.1, 0.15) is 22.1 Å². The van der Waals surface area contributed by atoms with Crippen LogP contribution in [0.3, 0.4) is 0 Å². The average Bonchev–Trinajstić information content (AvgIpc) is 3.35. The third kappa shape index (κ3) is 6.06. The number of carbonyl (C=O) groups is 2. The van der Waals surface area contributed by atoms with Crippen molar-refractivity contribution in [3.05, 3.63) is 109 Å². The van der Waals surface area contributed by atoms with Gasteiger partial charge in [-0.3, -0.25) is 18.6 Å². The zero-order valence-corrected chi connectivity index (χ0v) is 22.0. The number of fused-ring (bicyclic) bond motifs is 1. The molecule has 1 amide bonds. The van der Waals surface area contributed by atoms with Crippen molar-refractivity contribution in [3.8, 4) is 0 Å². The van der Waals surface area contributed by atoms with Crippen LogP contribution in [0.15, 0.2) is 64.3 Å². The Bertz CT molecular complexity index is 1590. The standard InChI is InChI=1S/C27H27FN4O5S/c1-17-24(34)31(15-19-4-8-20(9-5-19)26(35)37-13-12-30(2)3)27(36)32-16-22(38-25(17)32)23(33)29-14-18-6-10-21(28)11-7-18/h4-11,16H,12-15H2,1-3H3,(H,29,33). The second kappa shape index (κ2) is 11.5. The highest BCUT2D eigenvalue weighted by molar-refractivity contribution is 7.19. The molecule has 0 aliphatic heterocycles. The molecule has 0 aliphatic rings. The van der Waals surface area contributed by atoms with E-state index in [0.29, 0.717) is 28.1 Å². The highest BCUT2D eigenvalue weighted by atomic mass is 32.1.